The number of aromatic nitrogens is 1. The van der Waals surface area contributed by atoms with E-state index in [0.717, 1.165) is 17.1 Å². The van der Waals surface area contributed by atoms with E-state index in [1.807, 2.05) is 11.3 Å². The second-order valence-electron chi connectivity index (χ2n) is 14.9. The van der Waals surface area contributed by atoms with E-state index in [1.54, 1.807) is 0 Å². The number of rotatable bonds is 5. The molecule has 2 heterocycles. The Morgan fingerprint density at radius 3 is 1.79 bits per heavy atom. The lowest BCUT2D eigenvalue weighted by atomic mass is 10.0. The van der Waals surface area contributed by atoms with Gasteiger partial charge < -0.3 is 9.47 Å². The maximum absolute atomic E-state index is 2.47. The first-order valence-corrected chi connectivity index (χ1v) is 20.3. The van der Waals surface area contributed by atoms with Crippen LogP contribution in [0, 0.1) is 0 Å². The third kappa shape index (κ3) is 5.03. The molecule has 0 atom stereocenters. The fourth-order valence-electron chi connectivity index (χ4n) is 9.04. The molecule has 0 radical (unpaired) electrons. The number of fused-ring (bicyclic) bond motifs is 11. The minimum Gasteiger partial charge on any atom is -0.309 e. The molecule has 2 aromatic heterocycles. The molecule has 0 aliphatic heterocycles. The summed E-state index contributed by atoms with van der Waals surface area (Å²) in [6.07, 6.45) is 0. The number of benzene rings is 10. The van der Waals surface area contributed by atoms with Crippen molar-refractivity contribution >= 4 is 103 Å². The number of thiophene rings is 1. The van der Waals surface area contributed by atoms with Crippen molar-refractivity contribution in [3.8, 4) is 16.8 Å². The Kier molecular flexibility index (Phi) is 7.13. The van der Waals surface area contributed by atoms with E-state index in [-0.39, 0.29) is 0 Å². The fraction of sp³-hybridized carbons (Fsp3) is 0. The molecule has 0 spiro atoms. The second-order valence-corrected chi connectivity index (χ2v) is 15.9. The third-order valence-corrected chi connectivity index (χ3v) is 13.0. The van der Waals surface area contributed by atoms with Gasteiger partial charge in [-0.05, 0) is 86.6 Å². The second kappa shape index (κ2) is 12.7. The largest absolute Gasteiger partial charge is 0.309 e. The van der Waals surface area contributed by atoms with Gasteiger partial charge in [0.15, 0.2) is 0 Å². The van der Waals surface area contributed by atoms with Crippen molar-refractivity contribution < 1.29 is 0 Å². The fourth-order valence-corrected chi connectivity index (χ4v) is 10.4. The standard InChI is InChI=1S/C54H34N2S/c1-2-11-35(12-3-1)37-21-26-41(27-22-37)55(51-20-10-19-47-48-31-25-39-15-7-9-18-45(39)53(48)57-54(47)51)43-29-32-50-49(34-43)46-30-24-38-14-6-8-17-44(38)52(46)56(50)42-28-23-36-13-4-5-16-40(36)33-42/h1-34H. The number of nitrogens with zero attached hydrogens (tertiary/aromatic N) is 2. The van der Waals surface area contributed by atoms with Gasteiger partial charge in [-0.1, -0.05) is 158 Å². The van der Waals surface area contributed by atoms with Crippen molar-refractivity contribution in [2.75, 3.05) is 4.90 Å². The lowest BCUT2D eigenvalue weighted by molar-refractivity contribution is 1.19. The number of hydrogen-bond donors (Lipinski definition) is 0. The predicted octanol–water partition coefficient (Wildman–Crippen LogP) is 15.7. The van der Waals surface area contributed by atoms with Crippen LogP contribution in [-0.2, 0) is 0 Å². The Morgan fingerprint density at radius 2 is 0.965 bits per heavy atom. The van der Waals surface area contributed by atoms with E-state index in [1.165, 1.54) is 91.1 Å². The summed E-state index contributed by atoms with van der Waals surface area (Å²) in [7, 11) is 0. The van der Waals surface area contributed by atoms with E-state index in [9.17, 15) is 0 Å². The number of hydrogen-bond acceptors (Lipinski definition) is 2. The normalized spacial score (nSPS) is 11.9. The summed E-state index contributed by atoms with van der Waals surface area (Å²) >= 11 is 1.90. The molecule has 12 aromatic rings. The summed E-state index contributed by atoms with van der Waals surface area (Å²) in [5.74, 6) is 0. The van der Waals surface area contributed by atoms with E-state index < -0.39 is 0 Å². The minimum absolute atomic E-state index is 1.12. The van der Waals surface area contributed by atoms with Crippen molar-refractivity contribution in [3.63, 3.8) is 0 Å². The van der Waals surface area contributed by atoms with Crippen molar-refractivity contribution in [3.05, 3.63) is 206 Å². The molecule has 0 N–H and O–H groups in total. The SMILES string of the molecule is c1ccc(-c2ccc(N(c3ccc4c(c3)c3ccc5ccccc5c3n4-c3ccc4ccccc4c3)c3cccc4c3sc3c5ccccc5ccc43)cc2)cc1. The molecule has 0 saturated carbocycles. The van der Waals surface area contributed by atoms with Gasteiger partial charge in [-0.15, -0.1) is 11.3 Å². The highest BCUT2D eigenvalue weighted by Crippen LogP contribution is 2.48. The van der Waals surface area contributed by atoms with E-state index in [4.69, 9.17) is 0 Å². The molecule has 0 aliphatic carbocycles. The molecule has 0 saturated heterocycles. The van der Waals surface area contributed by atoms with Crippen LogP contribution in [0.5, 0.6) is 0 Å². The number of anilines is 3. The van der Waals surface area contributed by atoms with Crippen LogP contribution >= 0.6 is 11.3 Å². The average molecular weight is 743 g/mol. The molecule has 2 nitrogen and oxygen atoms in total. The Morgan fingerprint density at radius 1 is 0.351 bits per heavy atom. The molecule has 0 unspecified atom stereocenters. The van der Waals surface area contributed by atoms with Crippen molar-refractivity contribution in [1.29, 1.82) is 0 Å². The van der Waals surface area contributed by atoms with Crippen molar-refractivity contribution in [1.82, 2.24) is 4.57 Å². The van der Waals surface area contributed by atoms with Gasteiger partial charge in [0.2, 0.25) is 0 Å². The van der Waals surface area contributed by atoms with Gasteiger partial charge in [0.25, 0.3) is 0 Å². The van der Waals surface area contributed by atoms with Crippen LogP contribution in [0.3, 0.4) is 0 Å². The van der Waals surface area contributed by atoms with E-state index >= 15 is 0 Å². The van der Waals surface area contributed by atoms with Crippen molar-refractivity contribution in [2.24, 2.45) is 0 Å². The summed E-state index contributed by atoms with van der Waals surface area (Å²) < 4.78 is 5.08. The molecule has 0 bridgehead atoms. The summed E-state index contributed by atoms with van der Waals surface area (Å²) in [5.41, 5.74) is 9.40. The summed E-state index contributed by atoms with van der Waals surface area (Å²) in [6, 6.07) is 75.7. The molecular weight excluding hydrogens is 709 g/mol. The Balaban J connectivity index is 1.13. The quantitative estimate of drug-likeness (QED) is 0.170. The van der Waals surface area contributed by atoms with E-state index in [2.05, 4.69) is 216 Å². The van der Waals surface area contributed by atoms with Crippen molar-refractivity contribution in [2.45, 2.75) is 0 Å². The molecular formula is C54H34N2S. The monoisotopic (exact) mass is 742 g/mol. The lowest BCUT2D eigenvalue weighted by Crippen LogP contribution is -2.10. The molecule has 0 aliphatic rings. The summed E-state index contributed by atoms with van der Waals surface area (Å²) in [5, 5.41) is 12.6. The Bertz CT molecular complexity index is 3520. The van der Waals surface area contributed by atoms with Crippen LogP contribution in [0.15, 0.2) is 206 Å². The topological polar surface area (TPSA) is 8.17 Å². The first kappa shape index (κ1) is 32.1. The van der Waals surface area contributed by atoms with E-state index in [0.29, 0.717) is 0 Å². The Labute approximate surface area is 333 Å². The van der Waals surface area contributed by atoms with Crippen LogP contribution in [0.2, 0.25) is 0 Å². The van der Waals surface area contributed by atoms with Gasteiger partial charge in [0.05, 0.1) is 21.4 Å². The highest BCUT2D eigenvalue weighted by atomic mass is 32.1. The molecule has 57 heavy (non-hydrogen) atoms. The molecule has 12 rings (SSSR count). The third-order valence-electron chi connectivity index (χ3n) is 11.7. The molecule has 10 aromatic carbocycles. The van der Waals surface area contributed by atoms with Gasteiger partial charge >= 0.3 is 0 Å². The highest BCUT2D eigenvalue weighted by molar-refractivity contribution is 7.27. The predicted molar refractivity (Wildman–Crippen MR) is 246 cm³/mol. The van der Waals surface area contributed by atoms with Crippen LogP contribution in [0.25, 0.3) is 91.1 Å². The van der Waals surface area contributed by atoms with Gasteiger partial charge in [-0.3, -0.25) is 0 Å². The average Bonchev–Trinajstić information content (AvgIpc) is 3.84. The molecule has 0 amide bonds. The first-order chi connectivity index (χ1) is 28.3. The van der Waals surface area contributed by atoms with Gasteiger partial charge in [-0.25, -0.2) is 0 Å². The zero-order valence-electron chi connectivity index (χ0n) is 30.9. The highest BCUT2D eigenvalue weighted by Gasteiger charge is 2.22. The maximum atomic E-state index is 2.47. The van der Waals surface area contributed by atoms with Gasteiger partial charge in [-0.2, -0.15) is 0 Å². The first-order valence-electron chi connectivity index (χ1n) is 19.5. The van der Waals surface area contributed by atoms with Gasteiger partial charge in [0.1, 0.15) is 0 Å². The molecule has 266 valence electrons. The minimum atomic E-state index is 1.12. The van der Waals surface area contributed by atoms with Crippen LogP contribution in [-0.4, -0.2) is 4.57 Å². The van der Waals surface area contributed by atoms with Crippen LogP contribution in [0.1, 0.15) is 0 Å². The maximum Gasteiger partial charge on any atom is 0.0640 e. The zero-order chi connectivity index (χ0) is 37.5. The van der Waals surface area contributed by atoms with Crippen LogP contribution < -0.4 is 4.90 Å². The smallest absolute Gasteiger partial charge is 0.0640 e. The molecule has 3 heteroatoms. The Hall–Kier alpha value is -7.20. The van der Waals surface area contributed by atoms with Gasteiger partial charge in [0, 0.05) is 48.7 Å². The summed E-state index contributed by atoms with van der Waals surface area (Å²) in [6.45, 7) is 0. The van der Waals surface area contributed by atoms with Crippen LogP contribution in [0.4, 0.5) is 17.1 Å². The zero-order valence-corrected chi connectivity index (χ0v) is 31.7. The molecule has 0 fully saturated rings. The summed E-state index contributed by atoms with van der Waals surface area (Å²) in [4.78, 5) is 2.47. The lowest BCUT2D eigenvalue weighted by Gasteiger charge is -2.26.